The van der Waals surface area contributed by atoms with Crippen molar-refractivity contribution in [3.8, 4) is 5.75 Å². The van der Waals surface area contributed by atoms with Gasteiger partial charge >= 0.3 is 12.7 Å². The zero-order valence-electron chi connectivity index (χ0n) is 13.2. The summed E-state index contributed by atoms with van der Waals surface area (Å²) in [6, 6.07) is 8.13. The highest BCUT2D eigenvalue weighted by atomic mass is 35.7. The molecule has 0 amide bonds. The number of carbonyl (C=O) groups excluding carboxylic acids is 1. The van der Waals surface area contributed by atoms with Crippen LogP contribution in [-0.2, 0) is 14.1 Å². The second-order valence-corrected chi connectivity index (χ2v) is 9.00. The first-order valence-corrected chi connectivity index (χ1v) is 10.6. The topological polar surface area (TPSA) is 64.6 Å². The van der Waals surface area contributed by atoms with E-state index in [1.807, 2.05) is 6.07 Å². The molecule has 0 aliphatic heterocycles. The average molecular weight is 360 g/mol. The maximum absolute atomic E-state index is 12.2. The molecule has 1 fully saturated rings. The van der Waals surface area contributed by atoms with E-state index in [2.05, 4.69) is 5.32 Å². The molecule has 5 nitrogen and oxygen atoms in total. The Morgan fingerprint density at radius 2 is 1.96 bits per heavy atom. The van der Waals surface area contributed by atoms with Gasteiger partial charge in [-0.1, -0.05) is 24.6 Å². The van der Waals surface area contributed by atoms with Gasteiger partial charge in [0, 0.05) is 0 Å². The second kappa shape index (κ2) is 8.72. The molecule has 0 bridgehead atoms. The molecule has 2 rings (SSSR count). The van der Waals surface area contributed by atoms with E-state index in [-0.39, 0.29) is 18.4 Å². The Balaban J connectivity index is 1.76. The fourth-order valence-corrected chi connectivity index (χ4v) is 3.89. The summed E-state index contributed by atoms with van der Waals surface area (Å²) in [5, 5.41) is 2.84. The van der Waals surface area contributed by atoms with Crippen molar-refractivity contribution < 1.29 is 18.6 Å². The third-order valence-corrected chi connectivity index (χ3v) is 5.37. The molecule has 0 saturated heterocycles. The first kappa shape index (κ1) is 18.3. The normalized spacial score (nSPS) is 19.6. The Morgan fingerprint density at radius 1 is 1.30 bits per heavy atom. The number of nitrogens with one attached hydrogen (secondary N) is 1. The molecule has 128 valence electrons. The second-order valence-electron chi connectivity index (χ2n) is 5.78. The molecule has 0 radical (unpaired) electrons. The van der Waals surface area contributed by atoms with E-state index in [1.165, 1.54) is 6.42 Å². The van der Waals surface area contributed by atoms with Gasteiger partial charge in [-0.2, -0.15) is 0 Å². The van der Waals surface area contributed by atoms with Crippen LogP contribution in [0.5, 0.6) is 5.75 Å². The molecule has 1 saturated carbocycles. The van der Waals surface area contributed by atoms with Crippen molar-refractivity contribution in [2.75, 3.05) is 6.29 Å². The molecule has 0 spiro atoms. The third-order valence-electron chi connectivity index (χ3n) is 3.76. The van der Waals surface area contributed by atoms with Crippen LogP contribution in [0.1, 0.15) is 39.0 Å². The molecule has 1 aliphatic carbocycles. The highest BCUT2D eigenvalue weighted by Crippen LogP contribution is 2.51. The molecular formula is C16H23ClNO4P. The van der Waals surface area contributed by atoms with Crippen LogP contribution in [0.15, 0.2) is 30.3 Å². The number of hydrogen-bond acceptors (Lipinski definition) is 5. The molecule has 2 atom stereocenters. The summed E-state index contributed by atoms with van der Waals surface area (Å²) in [7, 11) is 0. The molecular weight excluding hydrogens is 337 g/mol. The van der Waals surface area contributed by atoms with E-state index in [4.69, 9.17) is 20.5 Å². The van der Waals surface area contributed by atoms with Crippen LogP contribution >= 0.6 is 18.0 Å². The van der Waals surface area contributed by atoms with E-state index < -0.39 is 12.8 Å². The smallest absolute Gasteiger partial charge is 0.350 e. The standard InChI is InChI=1S/C16H23ClNO4P/c1-13(16(19)21-14-8-4-2-5-9-14)18-12-23(17,20)22-15-10-6-3-7-11-15/h3,6-7,10-11,13-14,18H,2,4-5,8-9,12H2,1H3/t13-,23?/m0/s1. The predicted octanol–water partition coefficient (Wildman–Crippen LogP) is 4.31. The van der Waals surface area contributed by atoms with Gasteiger partial charge in [0.15, 0.2) is 0 Å². The van der Waals surface area contributed by atoms with Crippen LogP contribution in [-0.4, -0.2) is 24.4 Å². The molecule has 1 unspecified atom stereocenters. The van der Waals surface area contributed by atoms with Gasteiger partial charge < -0.3 is 9.26 Å². The van der Waals surface area contributed by atoms with Crippen LogP contribution < -0.4 is 9.84 Å². The minimum atomic E-state index is -3.40. The zero-order valence-corrected chi connectivity index (χ0v) is 14.9. The number of halogens is 1. The Bertz CT molecular complexity index is 548. The number of ether oxygens (including phenoxy) is 1. The molecule has 1 aromatic carbocycles. The van der Waals surface area contributed by atoms with Crippen LogP contribution in [0.4, 0.5) is 0 Å². The largest absolute Gasteiger partial charge is 0.461 e. The average Bonchev–Trinajstić information content (AvgIpc) is 2.54. The van der Waals surface area contributed by atoms with Crippen molar-refractivity contribution in [2.24, 2.45) is 0 Å². The van der Waals surface area contributed by atoms with E-state index in [1.54, 1.807) is 31.2 Å². The Labute approximate surface area is 141 Å². The van der Waals surface area contributed by atoms with Gasteiger partial charge in [-0.05, 0) is 56.0 Å². The van der Waals surface area contributed by atoms with Crippen molar-refractivity contribution in [1.29, 1.82) is 0 Å². The van der Waals surface area contributed by atoms with E-state index in [0.29, 0.717) is 5.75 Å². The lowest BCUT2D eigenvalue weighted by Crippen LogP contribution is -2.38. The lowest BCUT2D eigenvalue weighted by molar-refractivity contribution is -0.152. The number of para-hydroxylation sites is 1. The van der Waals surface area contributed by atoms with Crippen LogP contribution in [0.3, 0.4) is 0 Å². The molecule has 23 heavy (non-hydrogen) atoms. The van der Waals surface area contributed by atoms with Gasteiger partial charge in [-0.15, -0.1) is 0 Å². The molecule has 0 aromatic heterocycles. The van der Waals surface area contributed by atoms with Gasteiger partial charge in [-0.25, -0.2) is 0 Å². The van der Waals surface area contributed by atoms with Crippen LogP contribution in [0.25, 0.3) is 0 Å². The van der Waals surface area contributed by atoms with Gasteiger partial charge in [0.05, 0.1) is 6.29 Å². The van der Waals surface area contributed by atoms with Crippen molar-refractivity contribution in [3.63, 3.8) is 0 Å². The molecule has 1 N–H and O–H groups in total. The number of carbonyl (C=O) groups is 1. The van der Waals surface area contributed by atoms with Gasteiger partial charge in [0.1, 0.15) is 17.9 Å². The highest BCUT2D eigenvalue weighted by molar-refractivity contribution is 7.85. The fourth-order valence-electron chi connectivity index (χ4n) is 2.45. The van der Waals surface area contributed by atoms with E-state index >= 15 is 0 Å². The molecule has 0 heterocycles. The monoisotopic (exact) mass is 359 g/mol. The predicted molar refractivity (Wildman–Crippen MR) is 91.0 cm³/mol. The highest BCUT2D eigenvalue weighted by Gasteiger charge is 2.26. The molecule has 1 aromatic rings. The molecule has 1 aliphatic rings. The lowest BCUT2D eigenvalue weighted by Gasteiger charge is -2.24. The summed E-state index contributed by atoms with van der Waals surface area (Å²) in [4.78, 5) is 12.0. The quantitative estimate of drug-likeness (QED) is 0.580. The zero-order chi connectivity index (χ0) is 16.7. The van der Waals surface area contributed by atoms with Crippen LogP contribution in [0.2, 0.25) is 0 Å². The SMILES string of the molecule is C[C@H](NCP(=O)(Cl)Oc1ccccc1)C(=O)OC1CCCCC1. The van der Waals surface area contributed by atoms with Gasteiger partial charge in [0.25, 0.3) is 0 Å². The Hall–Kier alpha value is -1.03. The fraction of sp³-hybridized carbons (Fsp3) is 0.562. The van der Waals surface area contributed by atoms with Gasteiger partial charge in [-0.3, -0.25) is 14.7 Å². The van der Waals surface area contributed by atoms with E-state index in [9.17, 15) is 9.36 Å². The summed E-state index contributed by atoms with van der Waals surface area (Å²) in [6.07, 6.45) is 5.14. The Kier molecular flexibility index (Phi) is 6.94. The summed E-state index contributed by atoms with van der Waals surface area (Å²) >= 11 is 5.93. The van der Waals surface area contributed by atoms with E-state index in [0.717, 1.165) is 25.7 Å². The number of hydrogen-bond donors (Lipinski definition) is 1. The van der Waals surface area contributed by atoms with Crippen LogP contribution in [0, 0.1) is 0 Å². The number of benzene rings is 1. The number of esters is 1. The van der Waals surface area contributed by atoms with Crippen molar-refractivity contribution in [1.82, 2.24) is 5.32 Å². The minimum absolute atomic E-state index is 0.00359. The summed E-state index contributed by atoms with van der Waals surface area (Å²) in [5.41, 5.74) is 0. The third kappa shape index (κ3) is 6.54. The summed E-state index contributed by atoms with van der Waals surface area (Å²) in [5.74, 6) is 0.0957. The van der Waals surface area contributed by atoms with Crippen molar-refractivity contribution in [2.45, 2.75) is 51.2 Å². The summed E-state index contributed by atoms with van der Waals surface area (Å²) in [6.45, 7) is -1.73. The summed E-state index contributed by atoms with van der Waals surface area (Å²) < 4.78 is 23.0. The van der Waals surface area contributed by atoms with Gasteiger partial charge in [0.2, 0.25) is 0 Å². The Morgan fingerprint density at radius 3 is 2.61 bits per heavy atom. The number of rotatable bonds is 7. The minimum Gasteiger partial charge on any atom is -0.461 e. The maximum atomic E-state index is 12.2. The van der Waals surface area contributed by atoms with Crippen molar-refractivity contribution >= 4 is 23.9 Å². The lowest BCUT2D eigenvalue weighted by atomic mass is 9.98. The first-order chi connectivity index (χ1) is 11.0. The maximum Gasteiger partial charge on any atom is 0.350 e. The first-order valence-electron chi connectivity index (χ1n) is 7.93. The molecule has 7 heteroatoms. The van der Waals surface area contributed by atoms with Crippen molar-refractivity contribution in [3.05, 3.63) is 30.3 Å².